The van der Waals surface area contributed by atoms with Gasteiger partial charge >= 0.3 is 12.0 Å². The molecule has 2 aromatic rings. The van der Waals surface area contributed by atoms with Crippen LogP contribution in [0.5, 0.6) is 0 Å². The average Bonchev–Trinajstić information content (AvgIpc) is 3.05. The van der Waals surface area contributed by atoms with E-state index in [1.807, 2.05) is 0 Å². The molecule has 0 spiro atoms. The second-order valence-electron chi connectivity index (χ2n) is 4.15. The predicted octanol–water partition coefficient (Wildman–Crippen LogP) is 1.09. The summed E-state index contributed by atoms with van der Waals surface area (Å²) in [6.07, 6.45) is 0. The SMILES string of the molecule is Cc1nc(CNC(=O)NC(C)c2nc(C(=O)O)cs2)no1. The molecular weight excluding hydrogens is 298 g/mol. The van der Waals surface area contributed by atoms with Crippen molar-refractivity contribution in [1.29, 1.82) is 0 Å². The number of rotatable bonds is 5. The second-order valence-corrected chi connectivity index (χ2v) is 5.04. The topological polar surface area (TPSA) is 130 Å². The molecule has 21 heavy (non-hydrogen) atoms. The Hall–Kier alpha value is -2.49. The first-order valence-corrected chi connectivity index (χ1v) is 6.86. The van der Waals surface area contributed by atoms with Crippen LogP contribution in [0.2, 0.25) is 0 Å². The number of carbonyl (C=O) groups is 2. The Morgan fingerprint density at radius 2 is 2.24 bits per heavy atom. The number of carboxylic acid groups (broad SMARTS) is 1. The molecule has 2 amide bonds. The minimum atomic E-state index is -1.10. The van der Waals surface area contributed by atoms with Crippen molar-refractivity contribution in [3.8, 4) is 0 Å². The molecule has 2 rings (SSSR count). The number of nitrogens with one attached hydrogen (secondary N) is 2. The largest absolute Gasteiger partial charge is 0.476 e. The molecule has 1 atom stereocenters. The van der Waals surface area contributed by atoms with Crippen molar-refractivity contribution in [3.63, 3.8) is 0 Å². The first-order chi connectivity index (χ1) is 9.95. The van der Waals surface area contributed by atoms with E-state index in [2.05, 4.69) is 25.8 Å². The zero-order valence-electron chi connectivity index (χ0n) is 11.3. The van der Waals surface area contributed by atoms with Crippen molar-refractivity contribution in [1.82, 2.24) is 25.8 Å². The van der Waals surface area contributed by atoms with Crippen molar-refractivity contribution in [2.24, 2.45) is 0 Å². The van der Waals surface area contributed by atoms with Crippen molar-refractivity contribution < 1.29 is 19.2 Å². The van der Waals surface area contributed by atoms with Gasteiger partial charge in [0.15, 0.2) is 11.5 Å². The molecule has 1 unspecified atom stereocenters. The third-order valence-electron chi connectivity index (χ3n) is 2.44. The van der Waals surface area contributed by atoms with Gasteiger partial charge in [0.05, 0.1) is 12.6 Å². The van der Waals surface area contributed by atoms with E-state index in [1.54, 1.807) is 13.8 Å². The Labute approximate surface area is 123 Å². The van der Waals surface area contributed by atoms with Gasteiger partial charge in [-0.3, -0.25) is 0 Å². The third-order valence-corrected chi connectivity index (χ3v) is 3.46. The minimum absolute atomic E-state index is 0.0358. The first kappa shape index (κ1) is 14.9. The molecule has 0 bridgehead atoms. The van der Waals surface area contributed by atoms with E-state index in [0.717, 1.165) is 0 Å². The van der Waals surface area contributed by atoms with Gasteiger partial charge in [-0.1, -0.05) is 5.16 Å². The number of urea groups is 1. The highest BCUT2D eigenvalue weighted by Crippen LogP contribution is 2.17. The van der Waals surface area contributed by atoms with Gasteiger partial charge in [-0.05, 0) is 6.92 Å². The van der Waals surface area contributed by atoms with Crippen molar-refractivity contribution in [2.75, 3.05) is 0 Å². The lowest BCUT2D eigenvalue weighted by Gasteiger charge is -2.11. The van der Waals surface area contributed by atoms with Gasteiger partial charge in [0, 0.05) is 12.3 Å². The molecule has 0 saturated carbocycles. The van der Waals surface area contributed by atoms with Crippen molar-refractivity contribution in [3.05, 3.63) is 27.8 Å². The molecule has 0 fully saturated rings. The first-order valence-electron chi connectivity index (χ1n) is 5.98. The summed E-state index contributed by atoms with van der Waals surface area (Å²) < 4.78 is 4.78. The summed E-state index contributed by atoms with van der Waals surface area (Å²) in [4.78, 5) is 30.3. The zero-order valence-corrected chi connectivity index (χ0v) is 12.1. The Kier molecular flexibility index (Phi) is 4.48. The summed E-state index contributed by atoms with van der Waals surface area (Å²) in [6.45, 7) is 3.50. The molecule has 3 N–H and O–H groups in total. The van der Waals surface area contributed by atoms with Crippen LogP contribution in [0.4, 0.5) is 4.79 Å². The van der Waals surface area contributed by atoms with Crippen LogP contribution in [0, 0.1) is 6.92 Å². The molecular formula is C11H13N5O4S. The molecule has 10 heteroatoms. The predicted molar refractivity (Wildman–Crippen MR) is 71.9 cm³/mol. The van der Waals surface area contributed by atoms with Crippen LogP contribution in [0.25, 0.3) is 0 Å². The maximum atomic E-state index is 11.7. The molecule has 0 saturated heterocycles. The highest BCUT2D eigenvalue weighted by Gasteiger charge is 2.16. The van der Waals surface area contributed by atoms with Crippen LogP contribution in [-0.4, -0.2) is 32.2 Å². The van der Waals surface area contributed by atoms with Gasteiger partial charge in [-0.15, -0.1) is 11.3 Å². The minimum Gasteiger partial charge on any atom is -0.476 e. The number of aromatic carboxylic acids is 1. The van der Waals surface area contributed by atoms with E-state index in [-0.39, 0.29) is 12.2 Å². The van der Waals surface area contributed by atoms with Crippen LogP contribution in [0.3, 0.4) is 0 Å². The zero-order chi connectivity index (χ0) is 15.4. The number of aryl methyl sites for hydroxylation is 1. The highest BCUT2D eigenvalue weighted by molar-refractivity contribution is 7.09. The molecule has 0 aliphatic rings. The summed E-state index contributed by atoms with van der Waals surface area (Å²) in [6, 6.07) is -0.841. The normalized spacial score (nSPS) is 11.9. The maximum Gasteiger partial charge on any atom is 0.355 e. The fourth-order valence-corrected chi connectivity index (χ4v) is 2.27. The smallest absolute Gasteiger partial charge is 0.355 e. The van der Waals surface area contributed by atoms with Gasteiger partial charge in [-0.25, -0.2) is 14.6 Å². The number of nitrogens with zero attached hydrogens (tertiary/aromatic N) is 3. The number of aromatic nitrogens is 3. The highest BCUT2D eigenvalue weighted by atomic mass is 32.1. The number of hydrogen-bond acceptors (Lipinski definition) is 7. The number of amides is 2. The lowest BCUT2D eigenvalue weighted by Crippen LogP contribution is -2.36. The fourth-order valence-electron chi connectivity index (χ4n) is 1.47. The van der Waals surface area contributed by atoms with Gasteiger partial charge in [0.1, 0.15) is 5.01 Å². The van der Waals surface area contributed by atoms with Gasteiger partial charge in [0.2, 0.25) is 5.89 Å². The molecule has 2 heterocycles. The number of hydrogen-bond donors (Lipinski definition) is 3. The quantitative estimate of drug-likeness (QED) is 0.753. The van der Waals surface area contributed by atoms with Crippen LogP contribution < -0.4 is 10.6 Å². The number of thiazole rings is 1. The third kappa shape index (κ3) is 3.99. The molecule has 9 nitrogen and oxygen atoms in total. The molecule has 0 aliphatic carbocycles. The van der Waals surface area contributed by atoms with E-state index in [0.29, 0.717) is 16.7 Å². The van der Waals surface area contributed by atoms with E-state index in [1.165, 1.54) is 16.7 Å². The monoisotopic (exact) mass is 311 g/mol. The number of carboxylic acids is 1. The van der Waals surface area contributed by atoms with E-state index >= 15 is 0 Å². The summed E-state index contributed by atoms with van der Waals surface area (Å²) in [5.74, 6) is -0.302. The molecule has 0 aromatic carbocycles. The lowest BCUT2D eigenvalue weighted by molar-refractivity contribution is 0.0691. The summed E-state index contributed by atoms with van der Waals surface area (Å²) in [5, 5.41) is 19.6. The van der Waals surface area contributed by atoms with Crippen molar-refractivity contribution >= 4 is 23.3 Å². The van der Waals surface area contributed by atoms with E-state index in [4.69, 9.17) is 9.63 Å². The molecule has 0 radical (unpaired) electrons. The second kappa shape index (κ2) is 6.31. The van der Waals surface area contributed by atoms with Gasteiger partial charge < -0.3 is 20.3 Å². The summed E-state index contributed by atoms with van der Waals surface area (Å²) >= 11 is 1.17. The van der Waals surface area contributed by atoms with E-state index in [9.17, 15) is 9.59 Å². The summed E-state index contributed by atoms with van der Waals surface area (Å²) in [5.41, 5.74) is -0.0358. The van der Waals surface area contributed by atoms with Crippen LogP contribution in [0.1, 0.15) is 40.2 Å². The Bertz CT molecular complexity index is 653. The average molecular weight is 311 g/mol. The summed E-state index contributed by atoms with van der Waals surface area (Å²) in [7, 11) is 0. The van der Waals surface area contributed by atoms with Crippen LogP contribution >= 0.6 is 11.3 Å². The van der Waals surface area contributed by atoms with E-state index < -0.39 is 18.0 Å². The van der Waals surface area contributed by atoms with Crippen molar-refractivity contribution in [2.45, 2.75) is 26.4 Å². The standard InChI is InChI=1S/C11H13N5O4S/c1-5(9-15-7(4-21-9)10(17)18)13-11(19)12-3-8-14-6(2)20-16-8/h4-5H,3H2,1-2H3,(H,17,18)(H2,12,13,19). The Balaban J connectivity index is 1.85. The number of carbonyl (C=O) groups excluding carboxylic acids is 1. The Morgan fingerprint density at radius 3 is 2.81 bits per heavy atom. The maximum absolute atomic E-state index is 11.7. The van der Waals surface area contributed by atoms with Crippen LogP contribution in [0.15, 0.2) is 9.90 Å². The molecule has 112 valence electrons. The molecule has 0 aliphatic heterocycles. The Morgan fingerprint density at radius 1 is 1.48 bits per heavy atom. The lowest BCUT2D eigenvalue weighted by atomic mass is 10.3. The fraction of sp³-hybridized carbons (Fsp3) is 0.364. The van der Waals surface area contributed by atoms with Gasteiger partial charge in [0.25, 0.3) is 0 Å². The van der Waals surface area contributed by atoms with Gasteiger partial charge in [-0.2, -0.15) is 4.98 Å². The molecule has 2 aromatic heterocycles. The van der Waals surface area contributed by atoms with Crippen LogP contribution in [-0.2, 0) is 6.54 Å².